The van der Waals surface area contributed by atoms with Gasteiger partial charge in [0.25, 0.3) is 0 Å². The molecule has 0 radical (unpaired) electrons. The number of hydrogen-bond acceptors (Lipinski definition) is 10. The third kappa shape index (κ3) is 53.6. The van der Waals surface area contributed by atoms with Crippen molar-refractivity contribution in [3.63, 3.8) is 0 Å². The predicted octanol–water partition coefficient (Wildman–Crippen LogP) is 35.1. The third-order valence-corrected chi connectivity index (χ3v) is 14.7. The van der Waals surface area contributed by atoms with E-state index < -0.39 is 0 Å². The molecule has 0 N–H and O–H groups in total. The van der Waals surface area contributed by atoms with Crippen LogP contribution in [0, 0.1) is 5.92 Å². The van der Waals surface area contributed by atoms with Gasteiger partial charge in [0.05, 0.1) is 29.5 Å². The summed E-state index contributed by atoms with van der Waals surface area (Å²) in [6, 6.07) is 91.8. The minimum Gasteiger partial charge on any atom is -0.361 e. The molecule has 9 aromatic carbocycles. The zero-order chi connectivity index (χ0) is 91.2. The average Bonchev–Trinajstić information content (AvgIpc) is 1.44. The first kappa shape index (κ1) is 120. The van der Waals surface area contributed by atoms with Crippen LogP contribution in [0.1, 0.15) is 319 Å². The number of benzene rings is 9. The Labute approximate surface area is 733 Å². The van der Waals surface area contributed by atoms with Crippen LogP contribution in [0.5, 0.6) is 0 Å². The van der Waals surface area contributed by atoms with Gasteiger partial charge in [-0.2, -0.15) is 10.1 Å². The molecular formula is C108H165N9O3. The maximum atomic E-state index is 5.23. The van der Waals surface area contributed by atoms with Gasteiger partial charge in [-0.05, 0) is 87.4 Å². The van der Waals surface area contributed by atoms with Crippen molar-refractivity contribution >= 4 is 10.8 Å². The Balaban J connectivity index is -0.000000300. The molecule has 0 amide bonds. The van der Waals surface area contributed by atoms with Crippen LogP contribution in [0.15, 0.2) is 311 Å². The van der Waals surface area contributed by atoms with Crippen LogP contribution in [-0.2, 0) is 0 Å². The van der Waals surface area contributed by atoms with Crippen molar-refractivity contribution in [1.29, 1.82) is 0 Å². The first-order chi connectivity index (χ1) is 57.9. The van der Waals surface area contributed by atoms with Gasteiger partial charge in [-0.15, -0.1) is 5.10 Å². The van der Waals surface area contributed by atoms with E-state index in [1.54, 1.807) is 17.1 Å². The number of para-hydroxylation sites is 1. The highest BCUT2D eigenvalue weighted by atomic mass is 16.5. The molecule has 12 nitrogen and oxygen atoms in total. The van der Waals surface area contributed by atoms with E-state index in [-0.39, 0.29) is 13.3 Å². The topological polar surface area (TPSA) is 140 Å². The van der Waals surface area contributed by atoms with E-state index in [0.29, 0.717) is 41.3 Å². The molecule has 0 aliphatic carbocycles. The van der Waals surface area contributed by atoms with Crippen LogP contribution in [0.25, 0.3) is 56.1 Å². The SMILES string of the molecule is C.CC.CC.CC.CC.CC.CC.CC.CC.CC.CC.CC(C)C.CC(C)c1cc(-c2ccccc2)no1.CC(C)c1ccc(-c2ccno2)cc1.CC(C)c1ccc(-n2cccn2)cc1.CC(C)c1ccccc1.CC(C)c1cn(-c2ccccc2)nn1.CC(C)c1nc(-c2ccccc2)no1.c1ccc2ccccc2c1.c1ccccc1. The van der Waals surface area contributed by atoms with E-state index in [2.05, 4.69) is 247 Å². The second-order valence-electron chi connectivity index (χ2n) is 25.8. The van der Waals surface area contributed by atoms with Crippen LogP contribution < -0.4 is 0 Å². The molecule has 5 aromatic heterocycles. The monoisotopic (exact) mass is 1640 g/mol. The molecule has 14 rings (SSSR count). The molecule has 0 spiro atoms. The Morgan fingerprint density at radius 2 is 0.667 bits per heavy atom. The zero-order valence-electron chi connectivity index (χ0n) is 80.6. The summed E-state index contributed by atoms with van der Waals surface area (Å²) in [5, 5.41) is 26.6. The highest BCUT2D eigenvalue weighted by molar-refractivity contribution is 5.82. The van der Waals surface area contributed by atoms with Crippen molar-refractivity contribution in [2.75, 3.05) is 0 Å². The third-order valence-electron chi connectivity index (χ3n) is 14.7. The minimum atomic E-state index is 0. The molecule has 0 bridgehead atoms. The van der Waals surface area contributed by atoms with E-state index in [4.69, 9.17) is 13.6 Å². The van der Waals surface area contributed by atoms with Crippen LogP contribution in [-0.4, -0.2) is 45.2 Å². The molecule has 0 saturated heterocycles. The largest absolute Gasteiger partial charge is 0.361 e. The smallest absolute Gasteiger partial charge is 0.229 e. The lowest BCUT2D eigenvalue weighted by atomic mass is 10.0. The van der Waals surface area contributed by atoms with Gasteiger partial charge in [0.2, 0.25) is 11.7 Å². The molecule has 0 saturated carbocycles. The Morgan fingerprint density at radius 3 is 1.00 bits per heavy atom. The van der Waals surface area contributed by atoms with Crippen LogP contribution in [0.3, 0.4) is 0 Å². The Morgan fingerprint density at radius 1 is 0.300 bits per heavy atom. The second-order valence-corrected chi connectivity index (χ2v) is 25.8. The normalized spacial score (nSPS) is 9.08. The minimum absolute atomic E-state index is 0. The summed E-state index contributed by atoms with van der Waals surface area (Å²) in [5.74, 6) is 6.83. The highest BCUT2D eigenvalue weighted by Crippen LogP contribution is 2.25. The number of fused-ring (bicyclic) bond motifs is 1. The highest BCUT2D eigenvalue weighted by Gasteiger charge is 2.12. The molecule has 5 heterocycles. The molecular weight excluding hydrogens is 1470 g/mol. The Bertz CT molecular complexity index is 3910. The fourth-order valence-electron chi connectivity index (χ4n) is 8.91. The van der Waals surface area contributed by atoms with Gasteiger partial charge in [-0.3, -0.25) is 0 Å². The average molecular weight is 1640 g/mol. The summed E-state index contributed by atoms with van der Waals surface area (Å²) < 4.78 is 19.1. The van der Waals surface area contributed by atoms with Crippen molar-refractivity contribution < 1.29 is 13.6 Å². The van der Waals surface area contributed by atoms with Gasteiger partial charge < -0.3 is 13.6 Å². The molecule has 14 aromatic rings. The summed E-state index contributed by atoms with van der Waals surface area (Å²) in [4.78, 5) is 4.30. The van der Waals surface area contributed by atoms with Gasteiger partial charge in [0.1, 0.15) is 11.5 Å². The van der Waals surface area contributed by atoms with Gasteiger partial charge >= 0.3 is 0 Å². The standard InChI is InChI=1S/C12H14N2.2C12H13NO.C11H13N3.C11H12N2O.C10H8.C9H12.C6H6.C4H10.10C2H6.CH4/c1-10(2)11-4-6-12(7-5-11)14-9-3-8-13-14;1-9(2)10-3-5-11(6-4-10)12-7-8-13-14-12;1-9(2)12-8-11(13-14-12)10-6-4-3-5-7-10;1-9(2)11-8-14(13-12-11)10-6-4-3-5-7-10;1-8(2)11-12-10(13-14-11)9-6-4-3-5-7-9;1-2-6-10-8-4-3-7-9(10)5-1;1-8(2)9-6-4-3-5-7-9;1-2-4-6-5-3-1;1-4(2)3;10*1-2;/h3-10H,1-2H3;3*3-9H,1-2H3;3-8H,1-2H3;1-8H;3-8H,1-2H3;1-6H;4H,1-3H3;10*1-2H3;1H4. The summed E-state index contributed by atoms with van der Waals surface area (Å²) in [6.45, 7) is 72.1. The van der Waals surface area contributed by atoms with E-state index in [0.717, 1.165) is 56.9 Å². The number of nitrogens with zero attached hydrogens (tertiary/aromatic N) is 9. The van der Waals surface area contributed by atoms with Crippen molar-refractivity contribution in [3.8, 4) is 45.3 Å². The molecule has 0 fully saturated rings. The van der Waals surface area contributed by atoms with Gasteiger partial charge in [0, 0.05) is 53.1 Å². The lowest BCUT2D eigenvalue weighted by Gasteiger charge is -2.06. The molecule has 0 unspecified atom stereocenters. The summed E-state index contributed by atoms with van der Waals surface area (Å²) in [6.07, 6.45) is 7.37. The first-order valence-corrected chi connectivity index (χ1v) is 44.3. The van der Waals surface area contributed by atoms with E-state index in [1.165, 1.54) is 27.5 Å². The lowest BCUT2D eigenvalue weighted by Crippen LogP contribution is -1.94. The first-order valence-electron chi connectivity index (χ1n) is 44.3. The number of rotatable bonds is 11. The zero-order valence-corrected chi connectivity index (χ0v) is 80.6. The van der Waals surface area contributed by atoms with Crippen LogP contribution in [0.4, 0.5) is 0 Å². The lowest BCUT2D eigenvalue weighted by molar-refractivity contribution is 0.365. The van der Waals surface area contributed by atoms with E-state index in [1.807, 2.05) is 321 Å². The maximum absolute atomic E-state index is 5.23. The quantitative estimate of drug-likeness (QED) is 0.123. The fourth-order valence-corrected chi connectivity index (χ4v) is 8.91. The van der Waals surface area contributed by atoms with Crippen LogP contribution >= 0.6 is 0 Å². The Hall–Kier alpha value is -10.9. The molecule has 0 aliphatic rings. The van der Waals surface area contributed by atoms with Crippen LogP contribution in [0.2, 0.25) is 0 Å². The van der Waals surface area contributed by atoms with Crippen molar-refractivity contribution in [2.45, 2.75) is 285 Å². The summed E-state index contributed by atoms with van der Waals surface area (Å²) in [7, 11) is 0. The van der Waals surface area contributed by atoms with Gasteiger partial charge in [0.15, 0.2) is 5.76 Å². The molecule has 0 aliphatic heterocycles. The Kier molecular flexibility index (Phi) is 81.9. The van der Waals surface area contributed by atoms with Gasteiger partial charge in [-0.25, -0.2) is 9.36 Å². The number of hydrogen-bond donors (Lipinski definition) is 0. The fraction of sp³-hybridized carbons (Fsp3) is 0.398. The second kappa shape index (κ2) is 81.9. The van der Waals surface area contributed by atoms with E-state index >= 15 is 0 Å². The van der Waals surface area contributed by atoms with Crippen molar-refractivity contribution in [3.05, 3.63) is 332 Å². The van der Waals surface area contributed by atoms with Crippen molar-refractivity contribution in [2.24, 2.45) is 5.92 Å². The molecule has 660 valence electrons. The summed E-state index contributed by atoms with van der Waals surface area (Å²) in [5.41, 5.74) is 11.4. The van der Waals surface area contributed by atoms with Crippen molar-refractivity contribution in [1.82, 2.24) is 45.2 Å². The van der Waals surface area contributed by atoms with E-state index in [9.17, 15) is 0 Å². The molecule has 0 atom stereocenters. The number of aromatic nitrogens is 9. The summed E-state index contributed by atoms with van der Waals surface area (Å²) >= 11 is 0. The predicted molar refractivity (Wildman–Crippen MR) is 531 cm³/mol. The van der Waals surface area contributed by atoms with Gasteiger partial charge in [-0.1, -0.05) is 501 Å². The molecule has 120 heavy (non-hydrogen) atoms. The molecule has 12 heteroatoms. The maximum Gasteiger partial charge on any atom is 0.229 e.